The molecule has 0 atom stereocenters. The van der Waals surface area contributed by atoms with Crippen LogP contribution in [-0.4, -0.2) is 27.9 Å². The summed E-state index contributed by atoms with van der Waals surface area (Å²) in [4.78, 5) is 11.2. The quantitative estimate of drug-likeness (QED) is 0.756. The van der Waals surface area contributed by atoms with Crippen molar-refractivity contribution in [3.05, 3.63) is 59.2 Å². The van der Waals surface area contributed by atoms with Crippen molar-refractivity contribution in [3.8, 4) is 11.6 Å². The van der Waals surface area contributed by atoms with Crippen molar-refractivity contribution < 1.29 is 19.7 Å². The summed E-state index contributed by atoms with van der Waals surface area (Å²) in [7, 11) is 3.27. The highest BCUT2D eigenvalue weighted by Gasteiger charge is 2.22. The van der Waals surface area contributed by atoms with Gasteiger partial charge in [-0.2, -0.15) is 0 Å². The zero-order valence-corrected chi connectivity index (χ0v) is 13.6. The third kappa shape index (κ3) is 2.69. The summed E-state index contributed by atoms with van der Waals surface area (Å²) >= 11 is 0. The topological polar surface area (TPSA) is 71.7 Å². The minimum Gasteiger partial charge on any atom is -0.496 e. The van der Waals surface area contributed by atoms with E-state index >= 15 is 0 Å². The van der Waals surface area contributed by atoms with E-state index in [4.69, 9.17) is 9.84 Å². The number of rotatable bonds is 5. The summed E-state index contributed by atoms with van der Waals surface area (Å²) in [5, 5.41) is 20.1. The Morgan fingerprint density at radius 2 is 1.88 bits per heavy atom. The van der Waals surface area contributed by atoms with Crippen LogP contribution in [-0.2, 0) is 24.7 Å². The molecular formula is C19H19NO4. The molecule has 2 N–H and O–H groups in total. The maximum absolute atomic E-state index is 11.2. The van der Waals surface area contributed by atoms with Crippen LogP contribution in [0.15, 0.2) is 42.5 Å². The van der Waals surface area contributed by atoms with Crippen LogP contribution >= 0.6 is 0 Å². The van der Waals surface area contributed by atoms with Crippen molar-refractivity contribution in [1.29, 1.82) is 0 Å². The Morgan fingerprint density at radius 1 is 1.17 bits per heavy atom. The van der Waals surface area contributed by atoms with Crippen molar-refractivity contribution in [2.45, 2.75) is 12.8 Å². The predicted molar refractivity (Wildman–Crippen MR) is 91.7 cm³/mol. The van der Waals surface area contributed by atoms with E-state index in [0.717, 1.165) is 16.6 Å². The van der Waals surface area contributed by atoms with Gasteiger partial charge < -0.3 is 19.5 Å². The van der Waals surface area contributed by atoms with Gasteiger partial charge in [-0.15, -0.1) is 0 Å². The fraction of sp³-hybridized carbons (Fsp3) is 0.211. The number of aliphatic carboxylic acids is 1. The molecule has 0 radical (unpaired) electrons. The van der Waals surface area contributed by atoms with Crippen molar-refractivity contribution >= 4 is 16.9 Å². The number of carboxylic acids is 1. The van der Waals surface area contributed by atoms with Crippen molar-refractivity contribution in [3.63, 3.8) is 0 Å². The fourth-order valence-electron chi connectivity index (χ4n) is 3.12. The number of carbonyl (C=O) groups is 1. The largest absolute Gasteiger partial charge is 0.496 e. The highest BCUT2D eigenvalue weighted by molar-refractivity contribution is 5.95. The van der Waals surface area contributed by atoms with Crippen LogP contribution in [0.3, 0.4) is 0 Å². The molecule has 24 heavy (non-hydrogen) atoms. The van der Waals surface area contributed by atoms with Gasteiger partial charge in [0, 0.05) is 24.4 Å². The molecule has 0 aliphatic carbocycles. The number of benzene rings is 2. The number of aromatic nitrogens is 1. The van der Waals surface area contributed by atoms with Gasteiger partial charge in [-0.3, -0.25) is 4.79 Å². The molecule has 0 fully saturated rings. The molecule has 0 spiro atoms. The average molecular weight is 325 g/mol. The zero-order valence-electron chi connectivity index (χ0n) is 13.6. The van der Waals surface area contributed by atoms with Crippen LogP contribution in [0, 0.1) is 0 Å². The minimum absolute atomic E-state index is 0.0393. The van der Waals surface area contributed by atoms with Gasteiger partial charge in [0.15, 0.2) is 5.88 Å². The maximum Gasteiger partial charge on any atom is 0.308 e. The highest BCUT2D eigenvalue weighted by Crippen LogP contribution is 2.39. The van der Waals surface area contributed by atoms with E-state index in [9.17, 15) is 9.90 Å². The van der Waals surface area contributed by atoms with Crippen molar-refractivity contribution in [2.24, 2.45) is 7.05 Å². The Labute approximate surface area is 139 Å². The third-order valence-electron chi connectivity index (χ3n) is 4.24. The molecule has 124 valence electrons. The Morgan fingerprint density at radius 3 is 2.50 bits per heavy atom. The number of fused-ring (bicyclic) bond motifs is 1. The first kappa shape index (κ1) is 15.9. The second-order valence-corrected chi connectivity index (χ2v) is 5.75. The number of nitrogens with zero attached hydrogens (tertiary/aromatic N) is 1. The van der Waals surface area contributed by atoms with E-state index in [2.05, 4.69) is 0 Å². The van der Waals surface area contributed by atoms with E-state index in [1.165, 1.54) is 0 Å². The number of aryl methyl sites for hydroxylation is 1. The summed E-state index contributed by atoms with van der Waals surface area (Å²) in [6, 6.07) is 13.8. The van der Waals surface area contributed by atoms with Gasteiger partial charge in [0.1, 0.15) is 5.75 Å². The van der Waals surface area contributed by atoms with Crippen LogP contribution in [0.1, 0.15) is 16.7 Å². The smallest absolute Gasteiger partial charge is 0.308 e. The molecule has 0 unspecified atom stereocenters. The summed E-state index contributed by atoms with van der Waals surface area (Å²) in [6.45, 7) is 0. The van der Waals surface area contributed by atoms with E-state index in [-0.39, 0.29) is 12.3 Å². The second-order valence-electron chi connectivity index (χ2n) is 5.75. The number of ether oxygens (including phenoxy) is 1. The summed E-state index contributed by atoms with van der Waals surface area (Å²) in [5.74, 6) is -0.417. The van der Waals surface area contributed by atoms with Gasteiger partial charge in [0.25, 0.3) is 0 Å². The van der Waals surface area contributed by atoms with Crippen LogP contribution < -0.4 is 4.74 Å². The van der Waals surface area contributed by atoms with Crippen LogP contribution in [0.25, 0.3) is 10.9 Å². The summed E-state index contributed by atoms with van der Waals surface area (Å²) in [6.07, 6.45) is 0.413. The molecule has 3 rings (SSSR count). The SMILES string of the molecule is COc1c(Cc2ccccc2)ccc2c1c(CC(=O)O)c(O)n2C. The van der Waals surface area contributed by atoms with Crippen LogP contribution in [0.5, 0.6) is 11.6 Å². The number of hydrogen-bond donors (Lipinski definition) is 2. The van der Waals surface area contributed by atoms with Crippen molar-refractivity contribution in [1.82, 2.24) is 4.57 Å². The molecule has 5 nitrogen and oxygen atoms in total. The predicted octanol–water partition coefficient (Wildman–Crippen LogP) is 3.11. The molecule has 0 bridgehead atoms. The standard InChI is InChI=1S/C19H19NO4/c1-20-15-9-8-13(10-12-6-4-3-5-7-12)18(24-2)17(15)14(19(20)23)11-16(21)22/h3-9,23H,10-11H2,1-2H3,(H,21,22). The lowest BCUT2D eigenvalue weighted by molar-refractivity contribution is -0.136. The maximum atomic E-state index is 11.2. The average Bonchev–Trinajstić information content (AvgIpc) is 2.80. The molecule has 2 aromatic carbocycles. The molecule has 1 aromatic heterocycles. The Balaban J connectivity index is 2.20. The number of aromatic hydroxyl groups is 1. The molecule has 1 heterocycles. The van der Waals surface area contributed by atoms with Crippen molar-refractivity contribution in [2.75, 3.05) is 7.11 Å². The molecule has 0 saturated heterocycles. The first-order valence-corrected chi connectivity index (χ1v) is 7.64. The van der Waals surface area contributed by atoms with Crippen LogP contribution in [0.4, 0.5) is 0 Å². The first-order valence-electron chi connectivity index (χ1n) is 7.64. The normalized spacial score (nSPS) is 10.9. The van der Waals surface area contributed by atoms with E-state index in [1.54, 1.807) is 18.7 Å². The molecule has 5 heteroatoms. The molecule has 0 saturated carbocycles. The van der Waals surface area contributed by atoms with Gasteiger partial charge >= 0.3 is 5.97 Å². The highest BCUT2D eigenvalue weighted by atomic mass is 16.5. The zero-order chi connectivity index (χ0) is 17.3. The lowest BCUT2D eigenvalue weighted by atomic mass is 10.00. The summed E-state index contributed by atoms with van der Waals surface area (Å²) < 4.78 is 7.19. The first-order chi connectivity index (χ1) is 11.5. The Kier molecular flexibility index (Phi) is 4.16. The second kappa shape index (κ2) is 6.28. The Bertz CT molecular complexity index is 897. The fourth-order valence-corrected chi connectivity index (χ4v) is 3.12. The number of hydrogen-bond acceptors (Lipinski definition) is 3. The number of methoxy groups -OCH3 is 1. The van der Waals surface area contributed by atoms with Gasteiger partial charge in [-0.25, -0.2) is 0 Å². The number of carboxylic acid groups (broad SMARTS) is 1. The minimum atomic E-state index is -0.992. The monoisotopic (exact) mass is 325 g/mol. The molecule has 0 aliphatic rings. The lowest BCUT2D eigenvalue weighted by Crippen LogP contribution is -2.01. The van der Waals surface area contributed by atoms with E-state index < -0.39 is 5.97 Å². The Hall–Kier alpha value is -2.95. The van der Waals surface area contributed by atoms with Crippen LogP contribution in [0.2, 0.25) is 0 Å². The lowest BCUT2D eigenvalue weighted by Gasteiger charge is -2.11. The van der Waals surface area contributed by atoms with Gasteiger partial charge in [0.05, 0.1) is 19.0 Å². The molecule has 0 amide bonds. The summed E-state index contributed by atoms with van der Waals surface area (Å²) in [5.41, 5.74) is 3.22. The van der Waals surface area contributed by atoms with Gasteiger partial charge in [0.2, 0.25) is 0 Å². The van der Waals surface area contributed by atoms with Gasteiger partial charge in [-0.05, 0) is 17.2 Å². The third-order valence-corrected chi connectivity index (χ3v) is 4.24. The van der Waals surface area contributed by atoms with Gasteiger partial charge in [-0.1, -0.05) is 36.4 Å². The molecular weight excluding hydrogens is 306 g/mol. The molecule has 0 aliphatic heterocycles. The van der Waals surface area contributed by atoms with E-state index in [0.29, 0.717) is 23.1 Å². The van der Waals surface area contributed by atoms with E-state index in [1.807, 2.05) is 42.5 Å². The molecule has 3 aromatic rings.